The van der Waals surface area contributed by atoms with Crippen molar-refractivity contribution < 1.29 is 5.11 Å². The van der Waals surface area contributed by atoms with Crippen molar-refractivity contribution in [2.24, 2.45) is 7.05 Å². The predicted molar refractivity (Wildman–Crippen MR) is 82.2 cm³/mol. The second-order valence-electron chi connectivity index (χ2n) is 5.33. The summed E-state index contributed by atoms with van der Waals surface area (Å²) in [5.41, 5.74) is 5.01. The fourth-order valence-electron chi connectivity index (χ4n) is 2.54. The highest BCUT2D eigenvalue weighted by molar-refractivity contribution is 6.31. The molecule has 0 spiro atoms. The Morgan fingerprint density at radius 3 is 2.35 bits per heavy atom. The van der Waals surface area contributed by atoms with Gasteiger partial charge in [0.05, 0.1) is 22.5 Å². The van der Waals surface area contributed by atoms with Crippen LogP contribution in [-0.2, 0) is 19.9 Å². The zero-order valence-corrected chi connectivity index (χ0v) is 13.2. The molecule has 0 saturated heterocycles. The highest BCUT2D eigenvalue weighted by atomic mass is 35.5. The van der Waals surface area contributed by atoms with Gasteiger partial charge < -0.3 is 5.11 Å². The van der Waals surface area contributed by atoms with Crippen LogP contribution < -0.4 is 0 Å². The molecular formula is C16H21ClN2O. The molecule has 0 bridgehead atoms. The monoisotopic (exact) mass is 292 g/mol. The van der Waals surface area contributed by atoms with E-state index in [4.69, 9.17) is 11.6 Å². The molecule has 2 rings (SSSR count). The number of hydrogen-bond acceptors (Lipinski definition) is 2. The maximum atomic E-state index is 10.5. The molecule has 0 amide bonds. The minimum atomic E-state index is -0.564. The van der Waals surface area contributed by atoms with E-state index < -0.39 is 6.10 Å². The molecule has 1 N–H and O–H groups in total. The van der Waals surface area contributed by atoms with Crippen molar-refractivity contribution in [2.45, 2.75) is 39.7 Å². The Bertz CT molecular complexity index is 599. The van der Waals surface area contributed by atoms with Crippen LogP contribution >= 0.6 is 11.6 Å². The molecule has 20 heavy (non-hydrogen) atoms. The topological polar surface area (TPSA) is 38.0 Å². The Labute approximate surface area is 125 Å². The summed E-state index contributed by atoms with van der Waals surface area (Å²) in [6.45, 7) is 6.10. The van der Waals surface area contributed by atoms with Crippen molar-refractivity contribution >= 4 is 11.6 Å². The van der Waals surface area contributed by atoms with E-state index in [0.29, 0.717) is 11.4 Å². The number of benzene rings is 1. The van der Waals surface area contributed by atoms with Gasteiger partial charge in [0.2, 0.25) is 0 Å². The zero-order valence-electron chi connectivity index (χ0n) is 12.4. The van der Waals surface area contributed by atoms with Gasteiger partial charge in [0, 0.05) is 13.5 Å². The summed E-state index contributed by atoms with van der Waals surface area (Å²) in [5.74, 6) is 0. The fraction of sp³-hybridized carbons (Fsp3) is 0.438. The Morgan fingerprint density at radius 2 is 1.85 bits per heavy atom. The maximum absolute atomic E-state index is 10.5. The molecule has 4 heteroatoms. The first-order valence-electron chi connectivity index (χ1n) is 6.88. The predicted octanol–water partition coefficient (Wildman–Crippen LogP) is 3.53. The van der Waals surface area contributed by atoms with E-state index in [9.17, 15) is 5.11 Å². The molecule has 3 nitrogen and oxygen atoms in total. The van der Waals surface area contributed by atoms with Crippen LogP contribution in [0.3, 0.4) is 0 Å². The van der Waals surface area contributed by atoms with Crippen LogP contribution in [0.25, 0.3) is 0 Å². The summed E-state index contributed by atoms with van der Waals surface area (Å²) in [6, 6.07) is 6.13. The lowest BCUT2D eigenvalue weighted by Gasteiger charge is -2.13. The third-order valence-corrected chi connectivity index (χ3v) is 3.95. The van der Waals surface area contributed by atoms with Gasteiger partial charge in [-0.15, -0.1) is 0 Å². The minimum absolute atomic E-state index is 0.477. The third kappa shape index (κ3) is 3.05. The lowest BCUT2D eigenvalue weighted by molar-refractivity contribution is 0.175. The molecule has 0 aliphatic heterocycles. The average molecular weight is 293 g/mol. The van der Waals surface area contributed by atoms with E-state index in [-0.39, 0.29) is 0 Å². The Hall–Kier alpha value is -1.32. The smallest absolute Gasteiger partial charge is 0.0850 e. The number of aromatic nitrogens is 2. The van der Waals surface area contributed by atoms with Gasteiger partial charge in [0.15, 0.2) is 0 Å². The molecule has 0 fully saturated rings. The van der Waals surface area contributed by atoms with E-state index in [2.05, 4.69) is 11.2 Å². The molecule has 1 aromatic heterocycles. The van der Waals surface area contributed by atoms with Crippen LogP contribution in [0.2, 0.25) is 5.02 Å². The van der Waals surface area contributed by atoms with E-state index in [1.165, 1.54) is 0 Å². The molecule has 1 aromatic carbocycles. The molecule has 1 atom stereocenters. The molecular weight excluding hydrogens is 272 g/mol. The average Bonchev–Trinajstić information content (AvgIpc) is 2.65. The number of hydrogen-bond donors (Lipinski definition) is 1. The first-order valence-corrected chi connectivity index (χ1v) is 7.26. The lowest BCUT2D eigenvalue weighted by atomic mass is 10.00. The zero-order chi connectivity index (χ0) is 14.9. The first kappa shape index (κ1) is 15.1. The van der Waals surface area contributed by atoms with Crippen molar-refractivity contribution in [2.75, 3.05) is 0 Å². The number of aryl methyl sites for hydroxylation is 4. The summed E-state index contributed by atoms with van der Waals surface area (Å²) in [7, 11) is 1.87. The van der Waals surface area contributed by atoms with Crippen molar-refractivity contribution in [3.8, 4) is 0 Å². The molecule has 2 aromatic rings. The van der Waals surface area contributed by atoms with Crippen molar-refractivity contribution in [3.63, 3.8) is 0 Å². The second kappa shape index (κ2) is 5.98. The lowest BCUT2D eigenvalue weighted by Crippen LogP contribution is -2.07. The Balaban J connectivity index is 2.27. The summed E-state index contributed by atoms with van der Waals surface area (Å²) in [4.78, 5) is 0. The van der Waals surface area contributed by atoms with Gasteiger partial charge in [-0.25, -0.2) is 0 Å². The van der Waals surface area contributed by atoms with E-state index in [1.807, 2.05) is 40.0 Å². The maximum Gasteiger partial charge on any atom is 0.0850 e. The standard InChI is InChI=1S/C16H21ClN2O/c1-5-13-16(17)14(19(4)18-13)9-15(20)12-7-10(2)6-11(3)8-12/h6-8,15,20H,5,9H2,1-4H3. The Kier molecular flexibility index (Phi) is 4.51. The molecule has 0 aliphatic rings. The number of aliphatic hydroxyl groups is 1. The van der Waals surface area contributed by atoms with Gasteiger partial charge in [0.1, 0.15) is 0 Å². The summed E-state index contributed by atoms with van der Waals surface area (Å²) in [6.07, 6.45) is 0.712. The van der Waals surface area contributed by atoms with Crippen LogP contribution in [-0.4, -0.2) is 14.9 Å². The van der Waals surface area contributed by atoms with Gasteiger partial charge in [-0.3, -0.25) is 4.68 Å². The third-order valence-electron chi connectivity index (χ3n) is 3.52. The van der Waals surface area contributed by atoms with Gasteiger partial charge in [-0.2, -0.15) is 5.10 Å². The van der Waals surface area contributed by atoms with Gasteiger partial charge >= 0.3 is 0 Å². The van der Waals surface area contributed by atoms with E-state index in [0.717, 1.165) is 34.5 Å². The summed E-state index contributed by atoms with van der Waals surface area (Å²) in [5, 5.41) is 15.5. The highest BCUT2D eigenvalue weighted by Gasteiger charge is 2.18. The van der Waals surface area contributed by atoms with Crippen molar-refractivity contribution in [1.82, 2.24) is 9.78 Å². The molecule has 0 saturated carbocycles. The number of aliphatic hydroxyl groups excluding tert-OH is 1. The largest absolute Gasteiger partial charge is 0.388 e. The minimum Gasteiger partial charge on any atom is -0.388 e. The highest BCUT2D eigenvalue weighted by Crippen LogP contribution is 2.27. The molecule has 0 aliphatic carbocycles. The quantitative estimate of drug-likeness (QED) is 0.936. The number of rotatable bonds is 4. The number of halogens is 1. The van der Waals surface area contributed by atoms with Crippen LogP contribution in [0.15, 0.2) is 18.2 Å². The molecule has 108 valence electrons. The normalized spacial score (nSPS) is 12.7. The summed E-state index contributed by atoms with van der Waals surface area (Å²) < 4.78 is 1.77. The Morgan fingerprint density at radius 1 is 1.25 bits per heavy atom. The molecule has 0 radical (unpaired) electrons. The van der Waals surface area contributed by atoms with Crippen molar-refractivity contribution in [1.29, 1.82) is 0 Å². The first-order chi connectivity index (χ1) is 9.42. The van der Waals surface area contributed by atoms with Gasteiger partial charge in [0.25, 0.3) is 0 Å². The van der Waals surface area contributed by atoms with Crippen LogP contribution in [0.5, 0.6) is 0 Å². The summed E-state index contributed by atoms with van der Waals surface area (Å²) >= 11 is 6.33. The second-order valence-corrected chi connectivity index (χ2v) is 5.70. The van der Waals surface area contributed by atoms with Crippen LogP contribution in [0.1, 0.15) is 41.1 Å². The van der Waals surface area contributed by atoms with E-state index >= 15 is 0 Å². The van der Waals surface area contributed by atoms with Gasteiger partial charge in [-0.1, -0.05) is 47.9 Å². The SMILES string of the molecule is CCc1nn(C)c(CC(O)c2cc(C)cc(C)c2)c1Cl. The van der Waals surface area contributed by atoms with Crippen LogP contribution in [0.4, 0.5) is 0 Å². The van der Waals surface area contributed by atoms with Crippen molar-refractivity contribution in [3.05, 3.63) is 51.3 Å². The van der Waals surface area contributed by atoms with E-state index in [1.54, 1.807) is 4.68 Å². The number of nitrogens with zero attached hydrogens (tertiary/aromatic N) is 2. The van der Waals surface area contributed by atoms with Crippen LogP contribution in [0, 0.1) is 13.8 Å². The molecule has 1 unspecified atom stereocenters. The molecule has 1 heterocycles. The fourth-order valence-corrected chi connectivity index (χ4v) is 2.92. The van der Waals surface area contributed by atoms with Gasteiger partial charge in [-0.05, 0) is 25.8 Å².